The zero-order valence-corrected chi connectivity index (χ0v) is 19.4. The maximum absolute atomic E-state index is 13.2. The molecule has 0 saturated carbocycles. The first kappa shape index (κ1) is 22.6. The number of aryl methyl sites for hydroxylation is 1. The van der Waals surface area contributed by atoms with Gasteiger partial charge < -0.3 is 20.1 Å². The third-order valence-corrected chi connectivity index (χ3v) is 7.49. The Morgan fingerprint density at radius 3 is 2.58 bits per heavy atom. The molecule has 0 aliphatic carbocycles. The summed E-state index contributed by atoms with van der Waals surface area (Å²) >= 11 is 5.23. The number of halogens is 2. The minimum Gasteiger partial charge on any atom is -0.394 e. The van der Waals surface area contributed by atoms with E-state index in [0.29, 0.717) is 6.42 Å². The molecule has 4 atom stereocenters. The fourth-order valence-electron chi connectivity index (χ4n) is 3.90. The first-order chi connectivity index (χ1) is 14.9. The highest BCUT2D eigenvalue weighted by atomic mass is 79.9. The fourth-order valence-corrected chi connectivity index (χ4v) is 5.62. The molecule has 1 aliphatic rings. The molecule has 1 aliphatic heterocycles. The minimum atomic E-state index is -1.07. The number of benzene rings is 2. The van der Waals surface area contributed by atoms with Crippen molar-refractivity contribution in [2.75, 3.05) is 6.61 Å². The quantitative estimate of drug-likeness (QED) is 0.466. The molecule has 0 radical (unpaired) electrons. The predicted molar refractivity (Wildman–Crippen MR) is 123 cm³/mol. The van der Waals surface area contributed by atoms with Crippen LogP contribution in [0.4, 0.5) is 4.39 Å². The Morgan fingerprint density at radius 1 is 1.13 bits per heavy atom. The average Bonchev–Trinajstić information content (AvgIpc) is 3.21. The molecular weight excluding hydrogens is 483 g/mol. The van der Waals surface area contributed by atoms with E-state index in [9.17, 15) is 19.7 Å². The van der Waals surface area contributed by atoms with Crippen molar-refractivity contribution >= 4 is 27.3 Å². The van der Waals surface area contributed by atoms with E-state index in [0.717, 1.165) is 36.5 Å². The Kier molecular flexibility index (Phi) is 6.91. The molecule has 1 fully saturated rings. The molecule has 7 heteroatoms. The van der Waals surface area contributed by atoms with Gasteiger partial charge in [0.05, 0.1) is 18.8 Å². The van der Waals surface area contributed by atoms with Crippen LogP contribution >= 0.6 is 27.3 Å². The van der Waals surface area contributed by atoms with Crippen LogP contribution in [-0.4, -0.2) is 40.2 Å². The normalized spacial score (nSPS) is 23.8. The van der Waals surface area contributed by atoms with Crippen molar-refractivity contribution in [2.24, 2.45) is 0 Å². The van der Waals surface area contributed by atoms with Crippen LogP contribution in [0.5, 0.6) is 0 Å². The van der Waals surface area contributed by atoms with Gasteiger partial charge in [0, 0.05) is 27.1 Å². The third kappa shape index (κ3) is 4.92. The summed E-state index contributed by atoms with van der Waals surface area (Å²) < 4.78 is 19.9. The van der Waals surface area contributed by atoms with Crippen molar-refractivity contribution in [3.05, 3.63) is 80.4 Å². The number of thiophene rings is 1. The Labute approximate surface area is 193 Å². The molecule has 0 amide bonds. The summed E-state index contributed by atoms with van der Waals surface area (Å²) in [7, 11) is 0. The smallest absolute Gasteiger partial charge is 0.123 e. The van der Waals surface area contributed by atoms with Gasteiger partial charge in [-0.3, -0.25) is 0 Å². The van der Waals surface area contributed by atoms with Crippen molar-refractivity contribution in [3.63, 3.8) is 0 Å². The molecular formula is C24H24BrFO4S. The Morgan fingerprint density at radius 2 is 1.87 bits per heavy atom. The van der Waals surface area contributed by atoms with E-state index in [4.69, 9.17) is 4.74 Å². The van der Waals surface area contributed by atoms with Crippen molar-refractivity contribution < 1.29 is 24.4 Å². The molecule has 164 valence electrons. The molecule has 0 spiro atoms. The number of aliphatic hydroxyl groups excluding tert-OH is 3. The lowest BCUT2D eigenvalue weighted by atomic mass is 9.91. The highest BCUT2D eigenvalue weighted by molar-refractivity contribution is 9.10. The lowest BCUT2D eigenvalue weighted by Gasteiger charge is -2.37. The van der Waals surface area contributed by atoms with E-state index < -0.39 is 24.4 Å². The average molecular weight is 507 g/mol. The van der Waals surface area contributed by atoms with E-state index >= 15 is 0 Å². The van der Waals surface area contributed by atoms with E-state index in [1.807, 2.05) is 25.1 Å². The summed E-state index contributed by atoms with van der Waals surface area (Å²) in [6.45, 7) is 1.82. The van der Waals surface area contributed by atoms with Crippen molar-refractivity contribution in [2.45, 2.75) is 44.2 Å². The largest absolute Gasteiger partial charge is 0.394 e. The van der Waals surface area contributed by atoms with Gasteiger partial charge in [-0.05, 0) is 59.5 Å². The van der Waals surface area contributed by atoms with Crippen LogP contribution in [0.2, 0.25) is 0 Å². The summed E-state index contributed by atoms with van der Waals surface area (Å²) in [5, 5.41) is 30.2. The lowest BCUT2D eigenvalue weighted by Crippen LogP contribution is -2.44. The SMILES string of the molecule is Cc1cc(Br)c(C2OC(CO)CC(O)C2O)cc1Cc1ccc(-c2ccc(F)cc2)s1. The maximum atomic E-state index is 13.2. The number of ether oxygens (including phenoxy) is 1. The van der Waals surface area contributed by atoms with Crippen LogP contribution in [-0.2, 0) is 11.2 Å². The first-order valence-electron chi connectivity index (χ1n) is 10.1. The van der Waals surface area contributed by atoms with E-state index in [-0.39, 0.29) is 18.8 Å². The van der Waals surface area contributed by atoms with Gasteiger partial charge in [0.15, 0.2) is 0 Å². The zero-order valence-electron chi connectivity index (χ0n) is 17.0. The summed E-state index contributed by atoms with van der Waals surface area (Å²) in [4.78, 5) is 2.24. The molecule has 1 aromatic heterocycles. The number of rotatable bonds is 5. The standard InChI is InChI=1S/C24H24BrFO4S/c1-13-8-20(25)19(24-23(29)21(28)11-17(12-27)30-24)10-15(13)9-18-6-7-22(31-18)14-2-4-16(26)5-3-14/h2-8,10,17,21,23-24,27-29H,9,11-12H2,1H3. The molecule has 31 heavy (non-hydrogen) atoms. The van der Waals surface area contributed by atoms with E-state index in [1.54, 1.807) is 23.5 Å². The summed E-state index contributed by atoms with van der Waals surface area (Å²) in [6, 6.07) is 14.6. The summed E-state index contributed by atoms with van der Waals surface area (Å²) in [5.41, 5.74) is 3.91. The molecule has 3 aromatic rings. The number of hydrogen-bond donors (Lipinski definition) is 3. The van der Waals surface area contributed by atoms with Crippen molar-refractivity contribution in [1.29, 1.82) is 0 Å². The van der Waals surface area contributed by atoms with Crippen LogP contribution in [0.1, 0.15) is 34.1 Å². The summed E-state index contributed by atoms with van der Waals surface area (Å²) in [6.07, 6.45) is -2.37. The highest BCUT2D eigenvalue weighted by Crippen LogP contribution is 2.38. The molecule has 4 unspecified atom stereocenters. The van der Waals surface area contributed by atoms with Crippen molar-refractivity contribution in [1.82, 2.24) is 0 Å². The monoisotopic (exact) mass is 506 g/mol. The Bertz CT molecular complexity index is 1050. The molecule has 0 bridgehead atoms. The third-order valence-electron chi connectivity index (χ3n) is 5.67. The molecule has 4 nitrogen and oxygen atoms in total. The highest BCUT2D eigenvalue weighted by Gasteiger charge is 2.38. The van der Waals surface area contributed by atoms with Gasteiger partial charge in [-0.15, -0.1) is 11.3 Å². The van der Waals surface area contributed by atoms with Crippen LogP contribution in [0.3, 0.4) is 0 Å². The zero-order chi connectivity index (χ0) is 22.1. The van der Waals surface area contributed by atoms with Gasteiger partial charge in [-0.25, -0.2) is 4.39 Å². The van der Waals surface area contributed by atoms with Crippen molar-refractivity contribution in [3.8, 4) is 10.4 Å². The van der Waals surface area contributed by atoms with Gasteiger partial charge in [0.2, 0.25) is 0 Å². The predicted octanol–water partition coefficient (Wildman–Crippen LogP) is 4.76. The van der Waals surface area contributed by atoms with Gasteiger partial charge in [0.1, 0.15) is 18.0 Å². The second kappa shape index (κ2) is 9.48. The van der Waals surface area contributed by atoms with Crippen LogP contribution in [0.15, 0.2) is 53.0 Å². The van der Waals surface area contributed by atoms with Gasteiger partial charge in [-0.1, -0.05) is 34.1 Å². The van der Waals surface area contributed by atoms with Gasteiger partial charge in [0.25, 0.3) is 0 Å². The van der Waals surface area contributed by atoms with E-state index in [2.05, 4.69) is 22.0 Å². The second-order valence-electron chi connectivity index (χ2n) is 7.90. The summed E-state index contributed by atoms with van der Waals surface area (Å²) in [5.74, 6) is -0.251. The fraction of sp³-hybridized carbons (Fsp3) is 0.333. The molecule has 2 heterocycles. The maximum Gasteiger partial charge on any atom is 0.123 e. The molecule has 4 rings (SSSR count). The molecule has 1 saturated heterocycles. The first-order valence-corrected chi connectivity index (χ1v) is 11.7. The number of aliphatic hydroxyl groups is 3. The van der Waals surface area contributed by atoms with Gasteiger partial charge in [-0.2, -0.15) is 0 Å². The lowest BCUT2D eigenvalue weighted by molar-refractivity contribution is -0.179. The topological polar surface area (TPSA) is 69.9 Å². The van der Waals surface area contributed by atoms with E-state index in [1.165, 1.54) is 12.1 Å². The second-order valence-corrected chi connectivity index (χ2v) is 9.93. The Hall–Kier alpha value is -1.61. The Balaban J connectivity index is 1.61. The van der Waals surface area contributed by atoms with Gasteiger partial charge >= 0.3 is 0 Å². The molecule has 3 N–H and O–H groups in total. The molecule has 2 aromatic carbocycles. The number of hydrogen-bond acceptors (Lipinski definition) is 5. The minimum absolute atomic E-state index is 0.200. The van der Waals surface area contributed by atoms with Crippen LogP contribution < -0.4 is 0 Å². The van der Waals surface area contributed by atoms with Crippen LogP contribution in [0, 0.1) is 12.7 Å². The van der Waals surface area contributed by atoms with Crippen LogP contribution in [0.25, 0.3) is 10.4 Å².